The summed E-state index contributed by atoms with van der Waals surface area (Å²) >= 11 is 6.13. The summed E-state index contributed by atoms with van der Waals surface area (Å²) < 4.78 is 0. The predicted octanol–water partition coefficient (Wildman–Crippen LogP) is 3.37. The Morgan fingerprint density at radius 1 is 1.45 bits per heavy atom. The number of anilines is 1. The summed E-state index contributed by atoms with van der Waals surface area (Å²) in [4.78, 5) is 18.4. The average molecular weight is 326 g/mol. The van der Waals surface area contributed by atoms with E-state index in [4.69, 9.17) is 11.6 Å². The van der Waals surface area contributed by atoms with Crippen molar-refractivity contribution in [1.82, 2.24) is 9.88 Å². The van der Waals surface area contributed by atoms with Gasteiger partial charge in [-0.05, 0) is 50.2 Å². The number of aliphatic hydroxyl groups excluding tert-OH is 1. The number of pyridine rings is 1. The standard InChI is InChI=1S/C16H24ClN3O2/c1-4-16(10-21)5-7-20(8-6-16)15(22)19-13-11(2)9-12(3)18-14(13)17/h9,21H,4-8,10H2,1-3H3,(H,19,22). The normalized spacial score (nSPS) is 17.4. The number of rotatable bonds is 3. The van der Waals surface area contributed by atoms with Gasteiger partial charge in [-0.15, -0.1) is 0 Å². The third kappa shape index (κ3) is 3.52. The zero-order chi connectivity index (χ0) is 16.3. The van der Waals surface area contributed by atoms with Crippen molar-refractivity contribution in [2.45, 2.75) is 40.0 Å². The van der Waals surface area contributed by atoms with Crippen LogP contribution >= 0.6 is 11.6 Å². The number of aliphatic hydroxyl groups is 1. The number of halogens is 1. The van der Waals surface area contributed by atoms with Crippen LogP contribution in [0.1, 0.15) is 37.4 Å². The number of nitrogens with zero attached hydrogens (tertiary/aromatic N) is 2. The van der Waals surface area contributed by atoms with Crippen LogP contribution in [-0.2, 0) is 0 Å². The van der Waals surface area contributed by atoms with Crippen LogP contribution in [0.2, 0.25) is 5.15 Å². The van der Waals surface area contributed by atoms with Crippen molar-refractivity contribution in [2.75, 3.05) is 25.0 Å². The maximum atomic E-state index is 12.4. The Balaban J connectivity index is 2.03. The number of aromatic nitrogens is 1. The molecule has 0 unspecified atom stereocenters. The van der Waals surface area contributed by atoms with Gasteiger partial charge in [0.1, 0.15) is 0 Å². The molecule has 2 amide bonds. The smallest absolute Gasteiger partial charge is 0.321 e. The molecular formula is C16H24ClN3O2. The first-order valence-electron chi connectivity index (χ1n) is 7.71. The Morgan fingerprint density at radius 2 is 2.09 bits per heavy atom. The first kappa shape index (κ1) is 17.0. The molecule has 22 heavy (non-hydrogen) atoms. The van der Waals surface area contributed by atoms with Gasteiger partial charge in [-0.1, -0.05) is 18.5 Å². The Morgan fingerprint density at radius 3 is 2.59 bits per heavy atom. The minimum absolute atomic E-state index is 0.0320. The highest BCUT2D eigenvalue weighted by molar-refractivity contribution is 6.32. The highest BCUT2D eigenvalue weighted by Crippen LogP contribution is 2.34. The van der Waals surface area contributed by atoms with Crippen molar-refractivity contribution in [3.63, 3.8) is 0 Å². The first-order chi connectivity index (χ1) is 10.4. The van der Waals surface area contributed by atoms with Crippen LogP contribution in [0.15, 0.2) is 6.07 Å². The molecule has 0 aliphatic carbocycles. The number of nitrogens with one attached hydrogen (secondary N) is 1. The highest BCUT2D eigenvalue weighted by atomic mass is 35.5. The molecule has 122 valence electrons. The molecular weight excluding hydrogens is 302 g/mol. The van der Waals surface area contributed by atoms with E-state index in [9.17, 15) is 9.90 Å². The summed E-state index contributed by atoms with van der Waals surface area (Å²) in [7, 11) is 0. The van der Waals surface area contributed by atoms with E-state index in [2.05, 4.69) is 17.2 Å². The van der Waals surface area contributed by atoms with E-state index in [-0.39, 0.29) is 18.1 Å². The van der Waals surface area contributed by atoms with Crippen LogP contribution < -0.4 is 5.32 Å². The van der Waals surface area contributed by atoms with Gasteiger partial charge in [0, 0.05) is 25.4 Å². The summed E-state index contributed by atoms with van der Waals surface area (Å²) in [6.07, 6.45) is 2.59. The highest BCUT2D eigenvalue weighted by Gasteiger charge is 2.34. The molecule has 2 N–H and O–H groups in total. The second-order valence-electron chi connectivity index (χ2n) is 6.18. The average Bonchev–Trinajstić information content (AvgIpc) is 2.50. The van der Waals surface area contributed by atoms with Gasteiger partial charge in [-0.25, -0.2) is 9.78 Å². The van der Waals surface area contributed by atoms with Crippen LogP contribution in [0.4, 0.5) is 10.5 Å². The Bertz CT molecular complexity index is 525. The SMILES string of the molecule is CCC1(CO)CCN(C(=O)Nc2c(C)cc(C)nc2Cl)CC1. The first-order valence-corrected chi connectivity index (χ1v) is 8.09. The second kappa shape index (κ2) is 6.84. The van der Waals surface area contributed by atoms with Crippen LogP contribution in [0.25, 0.3) is 0 Å². The van der Waals surface area contributed by atoms with Gasteiger partial charge in [0.15, 0.2) is 5.15 Å². The molecule has 1 aliphatic heterocycles. The maximum absolute atomic E-state index is 12.4. The zero-order valence-electron chi connectivity index (χ0n) is 13.4. The van der Waals surface area contributed by atoms with E-state index in [1.165, 1.54) is 0 Å². The molecule has 0 atom stereocenters. The minimum atomic E-state index is -0.154. The maximum Gasteiger partial charge on any atom is 0.321 e. The van der Waals surface area contributed by atoms with Crippen molar-refractivity contribution in [1.29, 1.82) is 0 Å². The fraction of sp³-hybridized carbons (Fsp3) is 0.625. The molecule has 1 aromatic rings. The lowest BCUT2D eigenvalue weighted by atomic mass is 9.77. The largest absolute Gasteiger partial charge is 0.396 e. The van der Waals surface area contributed by atoms with Crippen molar-refractivity contribution < 1.29 is 9.90 Å². The van der Waals surface area contributed by atoms with Crippen LogP contribution in [0.5, 0.6) is 0 Å². The number of hydrogen-bond donors (Lipinski definition) is 2. The second-order valence-corrected chi connectivity index (χ2v) is 6.53. The molecule has 0 radical (unpaired) electrons. The van der Waals surface area contributed by atoms with E-state index < -0.39 is 0 Å². The fourth-order valence-electron chi connectivity index (χ4n) is 2.93. The van der Waals surface area contributed by atoms with Crippen molar-refractivity contribution >= 4 is 23.3 Å². The van der Waals surface area contributed by atoms with Gasteiger partial charge < -0.3 is 15.3 Å². The molecule has 2 heterocycles. The lowest BCUT2D eigenvalue weighted by Crippen LogP contribution is -2.46. The van der Waals surface area contributed by atoms with Gasteiger partial charge in [-0.3, -0.25) is 0 Å². The number of carbonyl (C=O) groups is 1. The molecule has 1 aliphatic rings. The van der Waals surface area contributed by atoms with Gasteiger partial charge in [0.25, 0.3) is 0 Å². The molecule has 2 rings (SSSR count). The number of aryl methyl sites for hydroxylation is 2. The van der Waals surface area contributed by atoms with Crippen LogP contribution in [0.3, 0.4) is 0 Å². The minimum Gasteiger partial charge on any atom is -0.396 e. The molecule has 6 heteroatoms. The van der Waals surface area contributed by atoms with Crippen molar-refractivity contribution in [3.05, 3.63) is 22.5 Å². The Kier molecular flexibility index (Phi) is 5.29. The van der Waals surface area contributed by atoms with Crippen molar-refractivity contribution in [3.8, 4) is 0 Å². The van der Waals surface area contributed by atoms with Crippen LogP contribution in [-0.4, -0.2) is 40.7 Å². The van der Waals surface area contributed by atoms with E-state index in [1.807, 2.05) is 19.9 Å². The number of carbonyl (C=O) groups excluding carboxylic acids is 1. The number of likely N-dealkylation sites (tertiary alicyclic amines) is 1. The Hall–Kier alpha value is -1.33. The van der Waals surface area contributed by atoms with E-state index in [0.29, 0.717) is 23.9 Å². The topological polar surface area (TPSA) is 65.5 Å². The number of piperidine rings is 1. The lowest BCUT2D eigenvalue weighted by Gasteiger charge is -2.40. The van der Waals surface area contributed by atoms with Gasteiger partial charge in [-0.2, -0.15) is 0 Å². The molecule has 0 aromatic carbocycles. The summed E-state index contributed by atoms with van der Waals surface area (Å²) in [5.41, 5.74) is 2.28. The van der Waals surface area contributed by atoms with E-state index >= 15 is 0 Å². The lowest BCUT2D eigenvalue weighted by molar-refractivity contribution is 0.0542. The zero-order valence-corrected chi connectivity index (χ0v) is 14.2. The third-order valence-electron chi connectivity index (χ3n) is 4.73. The molecule has 1 saturated heterocycles. The molecule has 1 aromatic heterocycles. The Labute approximate surface area is 136 Å². The number of urea groups is 1. The van der Waals surface area contributed by atoms with Crippen molar-refractivity contribution in [2.24, 2.45) is 5.41 Å². The quantitative estimate of drug-likeness (QED) is 0.837. The molecule has 0 saturated carbocycles. The third-order valence-corrected chi connectivity index (χ3v) is 5.00. The molecule has 0 bridgehead atoms. The van der Waals surface area contributed by atoms with E-state index in [1.54, 1.807) is 4.90 Å². The van der Waals surface area contributed by atoms with Gasteiger partial charge in [0.2, 0.25) is 0 Å². The van der Waals surface area contributed by atoms with Gasteiger partial charge in [0.05, 0.1) is 5.69 Å². The molecule has 5 nitrogen and oxygen atoms in total. The molecule has 1 fully saturated rings. The summed E-state index contributed by atoms with van der Waals surface area (Å²) in [6, 6.07) is 1.74. The predicted molar refractivity (Wildman–Crippen MR) is 88.4 cm³/mol. The van der Waals surface area contributed by atoms with Crippen LogP contribution in [0, 0.1) is 19.3 Å². The number of amides is 2. The van der Waals surface area contributed by atoms with E-state index in [0.717, 1.165) is 30.5 Å². The fourth-order valence-corrected chi connectivity index (χ4v) is 3.26. The monoisotopic (exact) mass is 325 g/mol. The molecule has 0 spiro atoms. The summed E-state index contributed by atoms with van der Waals surface area (Å²) in [6.45, 7) is 7.35. The van der Waals surface area contributed by atoms with Gasteiger partial charge >= 0.3 is 6.03 Å². The summed E-state index contributed by atoms with van der Waals surface area (Å²) in [5.74, 6) is 0. The summed E-state index contributed by atoms with van der Waals surface area (Å²) in [5, 5.41) is 12.7. The number of hydrogen-bond acceptors (Lipinski definition) is 3.